The van der Waals surface area contributed by atoms with Crippen molar-refractivity contribution in [3.05, 3.63) is 47.8 Å². The minimum Gasteiger partial charge on any atom is -0.444 e. The summed E-state index contributed by atoms with van der Waals surface area (Å²) in [4.78, 5) is 172. The molecule has 0 saturated heterocycles. The smallest absolute Gasteiger partial charge is 0.408 e. The van der Waals surface area contributed by atoms with Gasteiger partial charge in [0.2, 0.25) is 17.7 Å². The van der Waals surface area contributed by atoms with E-state index in [2.05, 4.69) is 73.8 Å². The topological polar surface area (TPSA) is 455 Å². The third-order valence-electron chi connectivity index (χ3n) is 16.5. The molecule has 4 atom stereocenters. The van der Waals surface area contributed by atoms with Crippen molar-refractivity contribution in [1.29, 1.82) is 0 Å². The number of unbranched alkanes of at least 4 members (excludes halogenated alkanes) is 4. The van der Waals surface area contributed by atoms with Gasteiger partial charge in [-0.3, -0.25) is 29.3 Å². The summed E-state index contributed by atoms with van der Waals surface area (Å²) < 4.78 is 43.9. The Morgan fingerprint density at radius 3 is 0.902 bits per heavy atom. The molecule has 12 N–H and O–H groups in total. The first-order chi connectivity index (χ1) is 57.3. The lowest BCUT2D eigenvalue weighted by molar-refractivity contribution is -0.124. The number of nitrogens with one attached hydrogen (secondary N) is 12. The van der Waals surface area contributed by atoms with E-state index in [0.29, 0.717) is 86.5 Å². The van der Waals surface area contributed by atoms with Crippen molar-refractivity contribution in [3.63, 3.8) is 0 Å². The monoisotopic (exact) mass is 1780 g/mol. The van der Waals surface area contributed by atoms with E-state index in [0.717, 1.165) is 19.4 Å². The third kappa shape index (κ3) is 57.3. The van der Waals surface area contributed by atoms with Crippen LogP contribution in [-0.4, -0.2) is 254 Å². The highest BCUT2D eigenvalue weighted by atomic mass is 33.1. The second-order valence-corrected chi connectivity index (χ2v) is 38.8. The number of hydrogen-bond donors (Lipinski definition) is 12. The SMILES string of the molecule is CNCCCCC(COCNCCCN(CCCNC(=O)C(CCCCNC(=O)OC(C)(C)C)NC(=O)OC(C)(C)C)C(=O)c1ccc(SSc2ccc(C(=O)N(CCCNC(=O)C(CCCCNC(=O)OC(C)(C)C)NC(=O)OC(C)(C)C)CCCNC(=O)C(CCCCNC(=O)OC(C)(C)C)NC(=O)OC(C)(C)C)cn2)nc1)NC(=O)OC(C)(C)C. The average molecular weight is 1780 g/mol. The molecule has 0 aliphatic heterocycles. The summed E-state index contributed by atoms with van der Waals surface area (Å²) >= 11 is 0. The Kier molecular flexibility index (Phi) is 50.3. The van der Waals surface area contributed by atoms with Crippen molar-refractivity contribution < 1.29 is 95.4 Å². The summed E-state index contributed by atoms with van der Waals surface area (Å²) in [6.07, 6.45) is 5.53. The van der Waals surface area contributed by atoms with Crippen LogP contribution in [0.5, 0.6) is 0 Å². The highest BCUT2D eigenvalue weighted by molar-refractivity contribution is 8.76. The van der Waals surface area contributed by atoms with Crippen LogP contribution in [0.1, 0.15) is 269 Å². The van der Waals surface area contributed by atoms with Gasteiger partial charge in [-0.25, -0.2) is 43.5 Å². The molecule has 36 nitrogen and oxygen atoms in total. The molecule has 0 aliphatic rings. The van der Waals surface area contributed by atoms with Gasteiger partial charge in [-0.1, -0.05) is 6.42 Å². The number of alkyl carbamates (subject to hydrolysis) is 7. The van der Waals surface area contributed by atoms with Gasteiger partial charge in [0.25, 0.3) is 11.8 Å². The number of carbonyl (C=O) groups is 12. The lowest BCUT2D eigenvalue weighted by Gasteiger charge is -2.25. The predicted octanol–water partition coefficient (Wildman–Crippen LogP) is 11.7. The quantitative estimate of drug-likeness (QED) is 0.0127. The molecule has 2 aromatic rings. The van der Waals surface area contributed by atoms with Crippen molar-refractivity contribution >= 4 is 93.8 Å². The molecule has 700 valence electrons. The Bertz CT molecular complexity index is 3450. The fourth-order valence-corrected chi connectivity index (χ4v) is 12.9. The van der Waals surface area contributed by atoms with Crippen LogP contribution in [0.15, 0.2) is 46.7 Å². The van der Waals surface area contributed by atoms with E-state index < -0.39 is 124 Å². The maximum Gasteiger partial charge on any atom is 0.408 e. The summed E-state index contributed by atoms with van der Waals surface area (Å²) in [5, 5.41) is 35.3. The van der Waals surface area contributed by atoms with E-state index >= 15 is 0 Å². The highest BCUT2D eigenvalue weighted by Crippen LogP contribution is 2.35. The van der Waals surface area contributed by atoms with Gasteiger partial charge < -0.3 is 106 Å². The molecule has 12 amide bonds. The van der Waals surface area contributed by atoms with Crippen LogP contribution < -0.4 is 63.8 Å². The molecule has 0 spiro atoms. The second kappa shape index (κ2) is 56.2. The molecule has 38 heteroatoms. The lowest BCUT2D eigenvalue weighted by atomic mass is 10.1. The van der Waals surface area contributed by atoms with Crippen LogP contribution in [0.2, 0.25) is 0 Å². The van der Waals surface area contributed by atoms with Gasteiger partial charge in [0.1, 0.15) is 67.4 Å². The van der Waals surface area contributed by atoms with Gasteiger partial charge in [-0.05, 0) is 308 Å². The van der Waals surface area contributed by atoms with Crippen LogP contribution in [0.25, 0.3) is 0 Å². The first-order valence-corrected chi connectivity index (χ1v) is 44.9. The van der Waals surface area contributed by atoms with Crippen LogP contribution >= 0.6 is 21.6 Å². The Balaban J connectivity index is 2.42. The van der Waals surface area contributed by atoms with Crippen LogP contribution in [-0.2, 0) is 52.3 Å². The zero-order valence-electron chi connectivity index (χ0n) is 77.3. The Hall–Kier alpha value is -8.88. The number of ether oxygens (including phenoxy) is 8. The van der Waals surface area contributed by atoms with E-state index in [-0.39, 0.29) is 122 Å². The van der Waals surface area contributed by atoms with Crippen molar-refractivity contribution in [2.75, 3.05) is 98.9 Å². The standard InChI is InChI=1S/C85H148N16O20S2/c1-79(2,3)115-72(107)91-45-28-24-36-62(97-76(111)119-83(13,14)15)67(102)88-48-32-52-100(51-31-44-87-58-114-57-61(35-23-27-43-86-22)96-75(110)118-82(10,11)12)70(105)59-39-41-65(94-55-59)122-123-66-42-40-60(56-95-66)71(106)101(53-33-49-89-68(103)63(98-77(112)120-84(16,17)18)37-25-29-46-92-73(108)116-80(4,5)6)54-34-50-90-69(104)64(99-78(113)121-85(19,20)21)38-26-30-47-93-74(109)117-81(7,8)9/h39-42,55-56,61-64,86-87H,23-38,43-54,57-58H2,1-22H3,(H,88,102)(H,89,103)(H,90,104)(H,91,107)(H,92,108)(H,93,109)(H,96,110)(H,97,111)(H,98,112)(H,99,113). The molecule has 4 unspecified atom stereocenters. The minimum absolute atomic E-state index is 0.0843. The van der Waals surface area contributed by atoms with E-state index in [1.165, 1.54) is 34.0 Å². The van der Waals surface area contributed by atoms with Crippen molar-refractivity contribution in [1.82, 2.24) is 83.6 Å². The van der Waals surface area contributed by atoms with Crippen LogP contribution in [0.3, 0.4) is 0 Å². The molecule has 2 aromatic heterocycles. The molecule has 2 rings (SSSR count). The first-order valence-electron chi connectivity index (χ1n) is 42.8. The van der Waals surface area contributed by atoms with Crippen LogP contribution in [0, 0.1) is 0 Å². The second-order valence-electron chi connectivity index (χ2n) is 36.6. The number of amides is 12. The van der Waals surface area contributed by atoms with Crippen molar-refractivity contribution in [2.45, 2.75) is 322 Å². The summed E-state index contributed by atoms with van der Waals surface area (Å²) in [5.41, 5.74) is -4.73. The number of hydrogen-bond acceptors (Lipinski definition) is 26. The van der Waals surface area contributed by atoms with E-state index in [9.17, 15) is 57.5 Å². The maximum atomic E-state index is 14.6. The van der Waals surface area contributed by atoms with E-state index in [1.54, 1.807) is 179 Å². The molecule has 0 radical (unpaired) electrons. The molecule has 0 saturated carbocycles. The predicted molar refractivity (Wildman–Crippen MR) is 473 cm³/mol. The Labute approximate surface area is 737 Å². The minimum atomic E-state index is -1.01. The van der Waals surface area contributed by atoms with Gasteiger partial charge in [-0.15, -0.1) is 0 Å². The summed E-state index contributed by atoms with van der Waals surface area (Å²) in [7, 11) is 4.42. The molecule has 0 aliphatic carbocycles. The van der Waals surface area contributed by atoms with Gasteiger partial charge in [-0.2, -0.15) is 0 Å². The zero-order valence-corrected chi connectivity index (χ0v) is 78.9. The molecule has 0 bridgehead atoms. The van der Waals surface area contributed by atoms with Gasteiger partial charge >= 0.3 is 42.7 Å². The molecule has 0 fully saturated rings. The zero-order chi connectivity index (χ0) is 92.6. The van der Waals surface area contributed by atoms with Crippen LogP contribution in [0.4, 0.5) is 33.6 Å². The fourth-order valence-electron chi connectivity index (χ4n) is 11.2. The molecule has 0 aromatic carbocycles. The lowest BCUT2D eigenvalue weighted by Crippen LogP contribution is -2.49. The van der Waals surface area contributed by atoms with Gasteiger partial charge in [0, 0.05) is 77.8 Å². The summed E-state index contributed by atoms with van der Waals surface area (Å²) in [6.45, 7) is 40.2. The van der Waals surface area contributed by atoms with E-state index in [4.69, 9.17) is 37.9 Å². The van der Waals surface area contributed by atoms with Crippen molar-refractivity contribution in [3.8, 4) is 0 Å². The maximum absolute atomic E-state index is 14.6. The number of nitrogens with zero attached hydrogens (tertiary/aromatic N) is 4. The largest absolute Gasteiger partial charge is 0.444 e. The Morgan fingerprint density at radius 2 is 0.610 bits per heavy atom. The number of rotatable bonds is 52. The number of carbonyl (C=O) groups excluding carboxylic acids is 12. The number of pyridine rings is 2. The molecular weight excluding hydrogens is 1630 g/mol. The summed E-state index contributed by atoms with van der Waals surface area (Å²) in [5.74, 6) is -2.15. The molecule has 123 heavy (non-hydrogen) atoms. The summed E-state index contributed by atoms with van der Waals surface area (Å²) in [6, 6.07) is 3.41. The van der Waals surface area contributed by atoms with Crippen molar-refractivity contribution in [2.24, 2.45) is 0 Å². The van der Waals surface area contributed by atoms with Gasteiger partial charge in [0.05, 0.1) is 30.5 Å². The molecule has 2 heterocycles. The average Bonchev–Trinajstić information content (AvgIpc) is 0.850. The van der Waals surface area contributed by atoms with Gasteiger partial charge in [0.15, 0.2) is 0 Å². The Morgan fingerprint density at radius 1 is 0.333 bits per heavy atom. The number of aromatic nitrogens is 2. The third-order valence-corrected chi connectivity index (χ3v) is 18.7. The highest BCUT2D eigenvalue weighted by Gasteiger charge is 2.31. The first kappa shape index (κ1) is 110. The molecular formula is C85H148N16O20S2. The van der Waals surface area contributed by atoms with E-state index in [1.807, 2.05) is 7.05 Å². The normalized spacial score (nSPS) is 12.9. The fraction of sp³-hybridized carbons (Fsp3) is 0.741.